The number of nitrogens with one attached hydrogen (secondary N) is 1. The molecule has 1 saturated carbocycles. The van der Waals surface area contributed by atoms with Gasteiger partial charge in [0.05, 0.1) is 0 Å². The van der Waals surface area contributed by atoms with Crippen molar-refractivity contribution in [1.29, 1.82) is 0 Å². The SMILES string of the molecule is Cc1cc(C)c(OCC(=O)NCC(N)C2CC2)c(C)c1. The normalized spacial score (nSPS) is 15.8. The van der Waals surface area contributed by atoms with Crippen LogP contribution in [-0.2, 0) is 4.79 Å². The van der Waals surface area contributed by atoms with E-state index in [2.05, 4.69) is 24.4 Å². The van der Waals surface area contributed by atoms with Crippen LogP contribution in [0.5, 0.6) is 5.75 Å². The van der Waals surface area contributed by atoms with Gasteiger partial charge in [-0.1, -0.05) is 17.7 Å². The third-order valence-electron chi connectivity index (χ3n) is 3.71. The topological polar surface area (TPSA) is 64.3 Å². The summed E-state index contributed by atoms with van der Waals surface area (Å²) in [4.78, 5) is 11.8. The van der Waals surface area contributed by atoms with Gasteiger partial charge in [0.25, 0.3) is 5.91 Å². The number of benzene rings is 1. The molecule has 0 heterocycles. The van der Waals surface area contributed by atoms with E-state index >= 15 is 0 Å². The van der Waals surface area contributed by atoms with E-state index in [0.29, 0.717) is 12.5 Å². The van der Waals surface area contributed by atoms with Gasteiger partial charge in [0.1, 0.15) is 5.75 Å². The molecule has 0 radical (unpaired) electrons. The zero-order valence-electron chi connectivity index (χ0n) is 12.5. The second kappa shape index (κ2) is 6.27. The van der Waals surface area contributed by atoms with Crippen LogP contribution in [0.25, 0.3) is 0 Å². The number of hydrogen-bond donors (Lipinski definition) is 2. The molecule has 110 valence electrons. The largest absolute Gasteiger partial charge is 0.483 e. The molecule has 3 N–H and O–H groups in total. The molecule has 0 bridgehead atoms. The predicted octanol–water partition coefficient (Wildman–Crippen LogP) is 1.84. The van der Waals surface area contributed by atoms with Gasteiger partial charge in [-0.2, -0.15) is 0 Å². The molecule has 0 aliphatic heterocycles. The van der Waals surface area contributed by atoms with E-state index in [0.717, 1.165) is 16.9 Å². The van der Waals surface area contributed by atoms with E-state index in [1.165, 1.54) is 18.4 Å². The van der Waals surface area contributed by atoms with E-state index < -0.39 is 0 Å². The fraction of sp³-hybridized carbons (Fsp3) is 0.562. The Morgan fingerprint density at radius 1 is 1.35 bits per heavy atom. The van der Waals surface area contributed by atoms with Crippen LogP contribution in [-0.4, -0.2) is 25.1 Å². The molecule has 1 aromatic carbocycles. The summed E-state index contributed by atoms with van der Waals surface area (Å²) in [5, 5.41) is 2.84. The summed E-state index contributed by atoms with van der Waals surface area (Å²) in [6, 6.07) is 4.20. The first-order valence-corrected chi connectivity index (χ1v) is 7.20. The molecule has 1 aliphatic rings. The van der Waals surface area contributed by atoms with Crippen molar-refractivity contribution in [2.75, 3.05) is 13.2 Å². The van der Waals surface area contributed by atoms with Gasteiger partial charge in [0.15, 0.2) is 6.61 Å². The van der Waals surface area contributed by atoms with Gasteiger partial charge in [-0.15, -0.1) is 0 Å². The Labute approximate surface area is 120 Å². The Kier molecular flexibility index (Phi) is 4.65. The zero-order chi connectivity index (χ0) is 14.7. The molecular formula is C16H24N2O2. The number of nitrogens with two attached hydrogens (primary N) is 1. The summed E-state index contributed by atoms with van der Waals surface area (Å²) in [6.45, 7) is 6.63. The van der Waals surface area contributed by atoms with Crippen LogP contribution in [0.4, 0.5) is 0 Å². The van der Waals surface area contributed by atoms with Crippen molar-refractivity contribution in [2.24, 2.45) is 11.7 Å². The quantitative estimate of drug-likeness (QED) is 0.833. The van der Waals surface area contributed by atoms with E-state index in [1.807, 2.05) is 13.8 Å². The number of rotatable bonds is 6. The molecule has 4 nitrogen and oxygen atoms in total. The second-order valence-corrected chi connectivity index (χ2v) is 5.82. The number of carbonyl (C=O) groups is 1. The maximum atomic E-state index is 11.8. The minimum Gasteiger partial charge on any atom is -0.483 e. The van der Waals surface area contributed by atoms with Crippen molar-refractivity contribution in [3.8, 4) is 5.75 Å². The van der Waals surface area contributed by atoms with Crippen molar-refractivity contribution in [2.45, 2.75) is 39.7 Å². The summed E-state index contributed by atoms with van der Waals surface area (Å²) < 4.78 is 5.64. The van der Waals surface area contributed by atoms with Crippen molar-refractivity contribution in [3.63, 3.8) is 0 Å². The number of amides is 1. The van der Waals surface area contributed by atoms with Crippen LogP contribution >= 0.6 is 0 Å². The van der Waals surface area contributed by atoms with Crippen LogP contribution in [0.2, 0.25) is 0 Å². The lowest BCUT2D eigenvalue weighted by molar-refractivity contribution is -0.123. The first kappa shape index (κ1) is 14.9. The molecule has 0 spiro atoms. The summed E-state index contributed by atoms with van der Waals surface area (Å²) in [5.41, 5.74) is 9.27. The summed E-state index contributed by atoms with van der Waals surface area (Å²) in [6.07, 6.45) is 2.38. The van der Waals surface area contributed by atoms with Gasteiger partial charge in [0.2, 0.25) is 0 Å². The molecule has 0 saturated heterocycles. The average molecular weight is 276 g/mol. The van der Waals surface area contributed by atoms with Crippen molar-refractivity contribution < 1.29 is 9.53 Å². The lowest BCUT2D eigenvalue weighted by Crippen LogP contribution is -2.40. The van der Waals surface area contributed by atoms with Gasteiger partial charge in [-0.25, -0.2) is 0 Å². The Morgan fingerprint density at radius 2 is 1.95 bits per heavy atom. The van der Waals surface area contributed by atoms with Crippen LogP contribution in [0, 0.1) is 26.7 Å². The van der Waals surface area contributed by atoms with Gasteiger partial charge < -0.3 is 15.8 Å². The smallest absolute Gasteiger partial charge is 0.257 e. The van der Waals surface area contributed by atoms with E-state index in [4.69, 9.17) is 10.5 Å². The van der Waals surface area contributed by atoms with E-state index in [1.54, 1.807) is 0 Å². The maximum absolute atomic E-state index is 11.8. The Hall–Kier alpha value is -1.55. The Balaban J connectivity index is 1.80. The van der Waals surface area contributed by atoms with Crippen molar-refractivity contribution in [1.82, 2.24) is 5.32 Å². The van der Waals surface area contributed by atoms with Crippen LogP contribution < -0.4 is 15.8 Å². The monoisotopic (exact) mass is 276 g/mol. The standard InChI is InChI=1S/C16H24N2O2/c1-10-6-11(2)16(12(3)7-10)20-9-15(19)18-8-14(17)13-4-5-13/h6-7,13-14H,4-5,8-9,17H2,1-3H3,(H,18,19). The minimum absolute atomic E-state index is 0.0438. The molecule has 1 aromatic rings. The Bertz CT molecular complexity index is 472. The molecule has 20 heavy (non-hydrogen) atoms. The first-order valence-electron chi connectivity index (χ1n) is 7.20. The fourth-order valence-electron chi connectivity index (χ4n) is 2.51. The highest BCUT2D eigenvalue weighted by molar-refractivity contribution is 5.77. The summed E-state index contributed by atoms with van der Waals surface area (Å²) >= 11 is 0. The van der Waals surface area contributed by atoms with Crippen molar-refractivity contribution >= 4 is 5.91 Å². The molecule has 1 amide bonds. The number of carbonyl (C=O) groups excluding carboxylic acids is 1. The number of ether oxygens (including phenoxy) is 1. The molecule has 1 aliphatic carbocycles. The van der Waals surface area contributed by atoms with Gasteiger partial charge in [-0.05, 0) is 50.7 Å². The molecule has 1 unspecified atom stereocenters. The highest BCUT2D eigenvalue weighted by Gasteiger charge is 2.28. The van der Waals surface area contributed by atoms with Gasteiger partial charge in [0, 0.05) is 12.6 Å². The lowest BCUT2D eigenvalue weighted by atomic mass is 10.1. The van der Waals surface area contributed by atoms with Crippen LogP contribution in [0.1, 0.15) is 29.5 Å². The summed E-state index contributed by atoms with van der Waals surface area (Å²) in [7, 11) is 0. The molecular weight excluding hydrogens is 252 g/mol. The van der Waals surface area contributed by atoms with Gasteiger partial charge in [-0.3, -0.25) is 4.79 Å². The van der Waals surface area contributed by atoms with E-state index in [-0.39, 0.29) is 18.6 Å². The average Bonchev–Trinajstić information content (AvgIpc) is 3.18. The minimum atomic E-state index is -0.111. The van der Waals surface area contributed by atoms with Crippen LogP contribution in [0.15, 0.2) is 12.1 Å². The Morgan fingerprint density at radius 3 is 2.50 bits per heavy atom. The predicted molar refractivity (Wildman–Crippen MR) is 79.9 cm³/mol. The highest BCUT2D eigenvalue weighted by Crippen LogP contribution is 2.31. The highest BCUT2D eigenvalue weighted by atomic mass is 16.5. The number of aryl methyl sites for hydroxylation is 3. The molecule has 0 aromatic heterocycles. The zero-order valence-corrected chi connectivity index (χ0v) is 12.5. The number of hydrogen-bond acceptors (Lipinski definition) is 3. The molecule has 2 rings (SSSR count). The first-order chi connectivity index (χ1) is 9.47. The van der Waals surface area contributed by atoms with Crippen molar-refractivity contribution in [3.05, 3.63) is 28.8 Å². The molecule has 1 atom stereocenters. The maximum Gasteiger partial charge on any atom is 0.257 e. The second-order valence-electron chi connectivity index (χ2n) is 5.82. The molecule has 4 heteroatoms. The fourth-order valence-corrected chi connectivity index (χ4v) is 2.51. The van der Waals surface area contributed by atoms with Gasteiger partial charge >= 0.3 is 0 Å². The lowest BCUT2D eigenvalue weighted by Gasteiger charge is -2.14. The van der Waals surface area contributed by atoms with Crippen LogP contribution in [0.3, 0.4) is 0 Å². The third-order valence-corrected chi connectivity index (χ3v) is 3.71. The van der Waals surface area contributed by atoms with E-state index in [9.17, 15) is 4.79 Å². The summed E-state index contributed by atoms with van der Waals surface area (Å²) in [5.74, 6) is 1.29. The molecule has 1 fully saturated rings. The third kappa shape index (κ3) is 3.97.